The summed E-state index contributed by atoms with van der Waals surface area (Å²) >= 11 is 0. The molecular weight excluding hydrogens is 421 g/mol. The van der Waals surface area contributed by atoms with E-state index in [1.54, 1.807) is 24.4 Å². The number of para-hydroxylation sites is 1. The van der Waals surface area contributed by atoms with Gasteiger partial charge in [0.05, 0.1) is 12.2 Å². The second-order valence-electron chi connectivity index (χ2n) is 8.69. The van der Waals surface area contributed by atoms with E-state index in [0.29, 0.717) is 19.4 Å². The summed E-state index contributed by atoms with van der Waals surface area (Å²) < 4.78 is 27.1. The lowest BCUT2D eigenvalue weighted by molar-refractivity contribution is -0.0177. The Hall–Kier alpha value is -2.90. The number of hydrogen-bond acceptors (Lipinski definition) is 5. The van der Waals surface area contributed by atoms with Gasteiger partial charge >= 0.3 is 0 Å². The number of nitrogens with zero attached hydrogens (tertiary/aromatic N) is 3. The molecule has 7 heteroatoms. The average Bonchev–Trinajstić information content (AvgIpc) is 3.27. The lowest BCUT2D eigenvalue weighted by Crippen LogP contribution is -2.37. The Labute approximate surface area is 194 Å². The number of aryl methyl sites for hydroxylation is 1. The first-order valence-corrected chi connectivity index (χ1v) is 11.6. The molecule has 0 spiro atoms. The predicted octanol–water partition coefficient (Wildman–Crippen LogP) is 4.29. The second-order valence-corrected chi connectivity index (χ2v) is 8.69. The van der Waals surface area contributed by atoms with Gasteiger partial charge in [-0.1, -0.05) is 24.3 Å². The summed E-state index contributed by atoms with van der Waals surface area (Å²) in [5, 5.41) is 15.2. The Morgan fingerprint density at radius 2 is 1.85 bits per heavy atom. The van der Waals surface area contributed by atoms with E-state index in [4.69, 9.17) is 9.47 Å². The van der Waals surface area contributed by atoms with Crippen molar-refractivity contribution < 1.29 is 19.0 Å². The van der Waals surface area contributed by atoms with Gasteiger partial charge in [-0.15, -0.1) is 0 Å². The molecule has 2 heterocycles. The molecule has 3 aromatic rings. The molecule has 0 radical (unpaired) electrons. The standard InChI is InChI=1S/C26H32FN3O3/c27-24-6-1-2-7-25(24)33-21-26(31)12-3-15-29(18-13-26)20-22-8-10-23(11-9-22)32-19-5-17-30-16-4-14-28-30/h1-2,4,6-11,14,16,31H,3,5,12-13,15,17-21H2. The number of rotatable bonds is 10. The Morgan fingerprint density at radius 1 is 1.00 bits per heavy atom. The monoisotopic (exact) mass is 453 g/mol. The van der Waals surface area contributed by atoms with E-state index < -0.39 is 11.4 Å². The van der Waals surface area contributed by atoms with Crippen molar-refractivity contribution in [3.63, 3.8) is 0 Å². The van der Waals surface area contributed by atoms with Crippen LogP contribution in [-0.2, 0) is 13.1 Å². The summed E-state index contributed by atoms with van der Waals surface area (Å²) in [7, 11) is 0. The Bertz CT molecular complexity index is 981. The predicted molar refractivity (Wildman–Crippen MR) is 125 cm³/mol. The second kappa shape index (κ2) is 11.3. The minimum atomic E-state index is -0.940. The third-order valence-electron chi connectivity index (χ3n) is 6.03. The number of likely N-dealkylation sites (tertiary alicyclic amines) is 1. The van der Waals surface area contributed by atoms with Crippen LogP contribution < -0.4 is 9.47 Å². The number of hydrogen-bond donors (Lipinski definition) is 1. The van der Waals surface area contributed by atoms with Gasteiger partial charge in [0.25, 0.3) is 0 Å². The maximum atomic E-state index is 13.8. The highest BCUT2D eigenvalue weighted by Crippen LogP contribution is 2.26. The van der Waals surface area contributed by atoms with Crippen molar-refractivity contribution in [1.29, 1.82) is 0 Å². The molecule has 0 saturated carbocycles. The van der Waals surface area contributed by atoms with Gasteiger partial charge in [0.2, 0.25) is 0 Å². The quantitative estimate of drug-likeness (QED) is 0.464. The maximum absolute atomic E-state index is 13.8. The van der Waals surface area contributed by atoms with E-state index >= 15 is 0 Å². The van der Waals surface area contributed by atoms with Gasteiger partial charge in [-0.05, 0) is 61.7 Å². The van der Waals surface area contributed by atoms with Gasteiger partial charge < -0.3 is 14.6 Å². The summed E-state index contributed by atoms with van der Waals surface area (Å²) in [4.78, 5) is 2.35. The van der Waals surface area contributed by atoms with Crippen LogP contribution in [0.5, 0.6) is 11.5 Å². The fourth-order valence-corrected chi connectivity index (χ4v) is 4.11. The summed E-state index contributed by atoms with van der Waals surface area (Å²) in [6.07, 6.45) is 6.75. The van der Waals surface area contributed by atoms with Gasteiger partial charge in [0.15, 0.2) is 11.6 Å². The molecule has 0 bridgehead atoms. The lowest BCUT2D eigenvalue weighted by atomic mass is 9.96. The molecule has 1 fully saturated rings. The van der Waals surface area contributed by atoms with E-state index in [0.717, 1.165) is 44.8 Å². The molecule has 33 heavy (non-hydrogen) atoms. The maximum Gasteiger partial charge on any atom is 0.165 e. The van der Waals surface area contributed by atoms with E-state index in [-0.39, 0.29) is 12.4 Å². The smallest absolute Gasteiger partial charge is 0.165 e. The van der Waals surface area contributed by atoms with Crippen LogP contribution in [0.2, 0.25) is 0 Å². The normalized spacial score (nSPS) is 19.2. The van der Waals surface area contributed by atoms with Crippen LogP contribution in [0.3, 0.4) is 0 Å². The molecule has 1 unspecified atom stereocenters. The molecule has 1 atom stereocenters. The number of ether oxygens (including phenoxy) is 2. The zero-order chi connectivity index (χ0) is 22.9. The fourth-order valence-electron chi connectivity index (χ4n) is 4.11. The van der Waals surface area contributed by atoms with Crippen LogP contribution >= 0.6 is 0 Å². The molecule has 4 rings (SSSR count). The number of benzene rings is 2. The van der Waals surface area contributed by atoms with Gasteiger partial charge in [0.1, 0.15) is 12.4 Å². The fraction of sp³-hybridized carbons (Fsp3) is 0.423. The minimum Gasteiger partial charge on any atom is -0.494 e. The topological polar surface area (TPSA) is 59.8 Å². The van der Waals surface area contributed by atoms with Crippen molar-refractivity contribution in [1.82, 2.24) is 14.7 Å². The minimum absolute atomic E-state index is 0.105. The van der Waals surface area contributed by atoms with Crippen LogP contribution in [0.4, 0.5) is 4.39 Å². The van der Waals surface area contributed by atoms with Crippen molar-refractivity contribution in [2.45, 2.75) is 44.4 Å². The summed E-state index contributed by atoms with van der Waals surface area (Å²) in [5.41, 5.74) is 0.275. The van der Waals surface area contributed by atoms with Gasteiger partial charge in [-0.3, -0.25) is 9.58 Å². The van der Waals surface area contributed by atoms with Crippen LogP contribution in [0, 0.1) is 5.82 Å². The zero-order valence-electron chi connectivity index (χ0n) is 18.9. The molecule has 2 aromatic carbocycles. The highest BCUT2D eigenvalue weighted by atomic mass is 19.1. The Morgan fingerprint density at radius 3 is 2.64 bits per heavy atom. The third-order valence-corrected chi connectivity index (χ3v) is 6.03. The van der Waals surface area contributed by atoms with Gasteiger partial charge in [0, 0.05) is 38.4 Å². The molecular formula is C26H32FN3O3. The van der Waals surface area contributed by atoms with Crippen molar-refractivity contribution in [2.75, 3.05) is 26.3 Å². The lowest BCUT2D eigenvalue weighted by Gasteiger charge is -2.27. The molecule has 1 N–H and O–H groups in total. The van der Waals surface area contributed by atoms with E-state index in [2.05, 4.69) is 22.1 Å². The molecule has 0 aliphatic carbocycles. The third kappa shape index (κ3) is 7.04. The number of halogens is 1. The molecule has 1 aliphatic rings. The van der Waals surface area contributed by atoms with Crippen LogP contribution in [0.25, 0.3) is 0 Å². The molecule has 6 nitrogen and oxygen atoms in total. The summed E-state index contributed by atoms with van der Waals surface area (Å²) in [6.45, 7) is 4.10. The van der Waals surface area contributed by atoms with Crippen molar-refractivity contribution >= 4 is 0 Å². The van der Waals surface area contributed by atoms with E-state index in [1.165, 1.54) is 11.6 Å². The summed E-state index contributed by atoms with van der Waals surface area (Å²) in [5.74, 6) is 0.659. The van der Waals surface area contributed by atoms with E-state index in [9.17, 15) is 9.50 Å². The summed E-state index contributed by atoms with van der Waals surface area (Å²) in [6, 6.07) is 16.5. The highest BCUT2D eigenvalue weighted by Gasteiger charge is 2.31. The first-order valence-electron chi connectivity index (χ1n) is 11.6. The molecule has 1 saturated heterocycles. The molecule has 176 valence electrons. The Kier molecular flexibility index (Phi) is 7.96. The highest BCUT2D eigenvalue weighted by molar-refractivity contribution is 5.27. The van der Waals surface area contributed by atoms with Crippen LogP contribution in [-0.4, -0.2) is 51.7 Å². The molecule has 0 amide bonds. The zero-order valence-corrected chi connectivity index (χ0v) is 18.9. The molecule has 1 aromatic heterocycles. The van der Waals surface area contributed by atoms with Gasteiger partial charge in [-0.25, -0.2) is 4.39 Å². The van der Waals surface area contributed by atoms with Crippen molar-refractivity contribution in [2.24, 2.45) is 0 Å². The van der Waals surface area contributed by atoms with Crippen LogP contribution in [0.15, 0.2) is 67.0 Å². The largest absolute Gasteiger partial charge is 0.494 e. The van der Waals surface area contributed by atoms with Crippen LogP contribution in [0.1, 0.15) is 31.2 Å². The van der Waals surface area contributed by atoms with Crippen molar-refractivity contribution in [3.05, 3.63) is 78.4 Å². The van der Waals surface area contributed by atoms with Gasteiger partial charge in [-0.2, -0.15) is 5.10 Å². The first kappa shape index (κ1) is 23.3. The van der Waals surface area contributed by atoms with E-state index in [1.807, 2.05) is 29.1 Å². The molecule has 1 aliphatic heterocycles. The average molecular weight is 454 g/mol. The number of aromatic nitrogens is 2. The number of aliphatic hydroxyl groups is 1. The van der Waals surface area contributed by atoms with Crippen molar-refractivity contribution in [3.8, 4) is 11.5 Å². The SMILES string of the molecule is OC1(COc2ccccc2F)CCCN(Cc2ccc(OCCCn3cccn3)cc2)CC1. The first-order chi connectivity index (χ1) is 16.1. The Balaban J connectivity index is 1.20.